The molecule has 2 N–H and O–H groups in total. The van der Waals surface area contributed by atoms with E-state index in [1.54, 1.807) is 13.0 Å². The third-order valence-electron chi connectivity index (χ3n) is 5.39. The first kappa shape index (κ1) is 22.3. The molecule has 3 rings (SSSR count). The summed E-state index contributed by atoms with van der Waals surface area (Å²) < 4.78 is 0. The number of nitro groups is 1. The van der Waals surface area contributed by atoms with Crippen molar-refractivity contribution in [1.82, 2.24) is 5.32 Å². The van der Waals surface area contributed by atoms with E-state index in [9.17, 15) is 19.7 Å². The highest BCUT2D eigenvalue weighted by atomic mass is 16.6. The van der Waals surface area contributed by atoms with E-state index < -0.39 is 16.7 Å². The van der Waals surface area contributed by atoms with Gasteiger partial charge < -0.3 is 15.5 Å². The fourth-order valence-electron chi connectivity index (χ4n) is 3.68. The van der Waals surface area contributed by atoms with E-state index in [4.69, 9.17) is 0 Å². The lowest BCUT2D eigenvalue weighted by atomic mass is 10.1. The van der Waals surface area contributed by atoms with Gasteiger partial charge in [0.05, 0.1) is 4.92 Å². The number of carbonyl (C=O) groups is 2. The highest BCUT2D eigenvalue weighted by molar-refractivity contribution is 6.39. The normalized spacial score (nSPS) is 13.5. The number of benzene rings is 2. The Bertz CT molecular complexity index is 937. The average molecular weight is 425 g/mol. The second kappa shape index (κ2) is 10.6. The van der Waals surface area contributed by atoms with Gasteiger partial charge in [0.1, 0.15) is 5.69 Å². The number of hydrogen-bond donors (Lipinski definition) is 2. The Morgan fingerprint density at radius 3 is 2.42 bits per heavy atom. The Hall–Kier alpha value is -3.42. The lowest BCUT2D eigenvalue weighted by Crippen LogP contribution is -2.36. The van der Waals surface area contributed by atoms with Crippen LogP contribution in [0.3, 0.4) is 0 Å². The summed E-state index contributed by atoms with van der Waals surface area (Å²) in [5.74, 6) is -1.73. The van der Waals surface area contributed by atoms with E-state index in [0.29, 0.717) is 18.5 Å². The number of piperidine rings is 1. The maximum absolute atomic E-state index is 12.1. The minimum absolute atomic E-state index is 0.00421. The summed E-state index contributed by atoms with van der Waals surface area (Å²) in [4.78, 5) is 37.1. The number of nitrogens with zero attached hydrogens (tertiary/aromatic N) is 2. The minimum Gasteiger partial charge on any atom is -0.372 e. The van der Waals surface area contributed by atoms with Crippen molar-refractivity contribution in [3.05, 3.63) is 63.7 Å². The van der Waals surface area contributed by atoms with E-state index in [0.717, 1.165) is 19.5 Å². The van der Waals surface area contributed by atoms with Crippen LogP contribution in [0.15, 0.2) is 42.5 Å². The summed E-state index contributed by atoms with van der Waals surface area (Å²) in [5.41, 5.74) is 2.88. The predicted molar refractivity (Wildman–Crippen MR) is 120 cm³/mol. The van der Waals surface area contributed by atoms with Crippen LogP contribution in [0.4, 0.5) is 17.1 Å². The molecule has 2 aromatic carbocycles. The molecule has 164 valence electrons. The molecule has 0 atom stereocenters. The standard InChI is InChI=1S/C23H28N4O4/c1-17-7-12-20(21(16-17)27(30)31)25-23(29)22(28)24-13-5-6-18-8-10-19(11-9-18)26-14-3-2-4-15-26/h7-12,16H,2-6,13-15H2,1H3,(H,24,28)(H,25,29). The first-order chi connectivity index (χ1) is 14.9. The maximum Gasteiger partial charge on any atom is 0.313 e. The number of amides is 2. The Kier molecular flexibility index (Phi) is 7.59. The first-order valence-corrected chi connectivity index (χ1v) is 10.6. The van der Waals surface area contributed by atoms with E-state index >= 15 is 0 Å². The second-order valence-corrected chi connectivity index (χ2v) is 7.81. The molecule has 1 fully saturated rings. The van der Waals surface area contributed by atoms with Crippen molar-refractivity contribution in [3.63, 3.8) is 0 Å². The van der Waals surface area contributed by atoms with E-state index in [1.807, 2.05) is 0 Å². The van der Waals surface area contributed by atoms with Crippen LogP contribution >= 0.6 is 0 Å². The van der Waals surface area contributed by atoms with E-state index in [2.05, 4.69) is 39.8 Å². The number of nitro benzene ring substituents is 1. The van der Waals surface area contributed by atoms with Crippen LogP contribution in [0, 0.1) is 17.0 Å². The van der Waals surface area contributed by atoms with Gasteiger partial charge in [-0.25, -0.2) is 0 Å². The second-order valence-electron chi connectivity index (χ2n) is 7.81. The number of anilines is 2. The first-order valence-electron chi connectivity index (χ1n) is 10.6. The summed E-state index contributed by atoms with van der Waals surface area (Å²) in [6, 6.07) is 12.9. The molecular weight excluding hydrogens is 396 g/mol. The zero-order valence-electron chi connectivity index (χ0n) is 17.7. The summed E-state index contributed by atoms with van der Waals surface area (Å²) in [6.07, 6.45) is 5.26. The van der Waals surface area contributed by atoms with Crippen molar-refractivity contribution < 1.29 is 14.5 Å². The third kappa shape index (κ3) is 6.28. The lowest BCUT2D eigenvalue weighted by Gasteiger charge is -2.28. The fraction of sp³-hybridized carbons (Fsp3) is 0.391. The zero-order valence-corrected chi connectivity index (χ0v) is 17.7. The molecule has 0 unspecified atom stereocenters. The summed E-state index contributed by atoms with van der Waals surface area (Å²) >= 11 is 0. The van der Waals surface area contributed by atoms with E-state index in [1.165, 1.54) is 42.6 Å². The Balaban J connectivity index is 1.43. The SMILES string of the molecule is Cc1ccc(NC(=O)C(=O)NCCCc2ccc(N3CCCCC3)cc2)c([N+](=O)[O-])c1. The average Bonchev–Trinajstić information content (AvgIpc) is 2.78. The minimum atomic E-state index is -0.919. The van der Waals surface area contributed by atoms with Crippen molar-refractivity contribution >= 4 is 28.9 Å². The molecule has 0 radical (unpaired) electrons. The van der Waals surface area contributed by atoms with Crippen LogP contribution in [0.25, 0.3) is 0 Å². The Morgan fingerprint density at radius 1 is 1.03 bits per heavy atom. The summed E-state index contributed by atoms with van der Waals surface area (Å²) in [6.45, 7) is 4.28. The van der Waals surface area contributed by atoms with Gasteiger partial charge in [-0.1, -0.05) is 18.2 Å². The molecule has 1 aliphatic rings. The molecule has 0 bridgehead atoms. The van der Waals surface area contributed by atoms with Gasteiger partial charge in [0.2, 0.25) is 0 Å². The van der Waals surface area contributed by atoms with Crippen LogP contribution in [-0.2, 0) is 16.0 Å². The quantitative estimate of drug-likeness (QED) is 0.306. The highest BCUT2D eigenvalue weighted by Gasteiger charge is 2.19. The summed E-state index contributed by atoms with van der Waals surface area (Å²) in [5, 5.41) is 16.0. The number of hydrogen-bond acceptors (Lipinski definition) is 5. The number of aryl methyl sites for hydroxylation is 2. The zero-order chi connectivity index (χ0) is 22.2. The molecule has 2 aromatic rings. The van der Waals surface area contributed by atoms with Crippen LogP contribution in [-0.4, -0.2) is 36.4 Å². The highest BCUT2D eigenvalue weighted by Crippen LogP contribution is 2.25. The van der Waals surface area contributed by atoms with E-state index in [-0.39, 0.29) is 11.4 Å². The smallest absolute Gasteiger partial charge is 0.313 e. The molecule has 1 aliphatic heterocycles. The number of carbonyl (C=O) groups excluding carboxylic acids is 2. The van der Waals surface area contributed by atoms with Crippen molar-refractivity contribution in [2.24, 2.45) is 0 Å². The van der Waals surface area contributed by atoms with Crippen LogP contribution < -0.4 is 15.5 Å². The monoisotopic (exact) mass is 424 g/mol. The van der Waals surface area contributed by atoms with Gasteiger partial charge in [-0.3, -0.25) is 19.7 Å². The van der Waals surface area contributed by atoms with Crippen LogP contribution in [0.1, 0.15) is 36.8 Å². The van der Waals surface area contributed by atoms with Crippen LogP contribution in [0.2, 0.25) is 0 Å². The van der Waals surface area contributed by atoms with Gasteiger partial charge in [-0.05, 0) is 68.4 Å². The summed E-state index contributed by atoms with van der Waals surface area (Å²) in [7, 11) is 0. The molecule has 2 amide bonds. The van der Waals surface area contributed by atoms with Crippen molar-refractivity contribution in [2.45, 2.75) is 39.0 Å². The van der Waals surface area contributed by atoms with Gasteiger partial charge >= 0.3 is 11.8 Å². The maximum atomic E-state index is 12.1. The molecular formula is C23H28N4O4. The van der Waals surface area contributed by atoms with Crippen molar-refractivity contribution in [1.29, 1.82) is 0 Å². The molecule has 0 aromatic heterocycles. The number of nitrogens with one attached hydrogen (secondary N) is 2. The lowest BCUT2D eigenvalue weighted by molar-refractivity contribution is -0.384. The van der Waals surface area contributed by atoms with Gasteiger partial charge in [-0.2, -0.15) is 0 Å². The van der Waals surface area contributed by atoms with Gasteiger partial charge in [0.25, 0.3) is 5.69 Å². The topological polar surface area (TPSA) is 105 Å². The predicted octanol–water partition coefficient (Wildman–Crippen LogP) is 3.58. The van der Waals surface area contributed by atoms with Gasteiger partial charge in [0.15, 0.2) is 0 Å². The van der Waals surface area contributed by atoms with Crippen molar-refractivity contribution in [2.75, 3.05) is 29.9 Å². The Morgan fingerprint density at radius 2 is 1.74 bits per heavy atom. The third-order valence-corrected chi connectivity index (χ3v) is 5.39. The molecule has 0 spiro atoms. The molecule has 0 saturated carbocycles. The largest absolute Gasteiger partial charge is 0.372 e. The van der Waals surface area contributed by atoms with Crippen molar-refractivity contribution in [3.8, 4) is 0 Å². The van der Waals surface area contributed by atoms with Crippen LogP contribution in [0.5, 0.6) is 0 Å². The molecule has 8 heteroatoms. The number of rotatable bonds is 7. The molecule has 8 nitrogen and oxygen atoms in total. The van der Waals surface area contributed by atoms with Gasteiger partial charge in [0, 0.05) is 31.4 Å². The fourth-order valence-corrected chi connectivity index (χ4v) is 3.68. The molecule has 1 heterocycles. The molecule has 0 aliphatic carbocycles. The molecule has 31 heavy (non-hydrogen) atoms. The van der Waals surface area contributed by atoms with Gasteiger partial charge in [-0.15, -0.1) is 0 Å². The molecule has 1 saturated heterocycles. The Labute approximate surface area is 181 Å².